The van der Waals surface area contributed by atoms with Crippen molar-refractivity contribution in [3.8, 4) is 0 Å². The first-order valence-electron chi connectivity index (χ1n) is 4.34. The average Bonchev–Trinajstić information content (AvgIpc) is 2.22. The van der Waals surface area contributed by atoms with Crippen molar-refractivity contribution in [1.82, 2.24) is 15.0 Å². The average molecular weight is 310 g/mol. The monoisotopic (exact) mass is 308 g/mol. The van der Waals surface area contributed by atoms with E-state index in [2.05, 4.69) is 20.3 Å². The van der Waals surface area contributed by atoms with E-state index in [1.54, 1.807) is 18.2 Å². The lowest BCUT2D eigenvalue weighted by Gasteiger charge is -2.05. The number of nitrogens with zero attached hydrogens (tertiary/aromatic N) is 3. The summed E-state index contributed by atoms with van der Waals surface area (Å²) < 4.78 is 0. The molecule has 88 valence electrons. The van der Waals surface area contributed by atoms with Gasteiger partial charge in [-0.1, -0.05) is 23.2 Å². The Bertz CT molecular complexity index is 540. The van der Waals surface area contributed by atoms with Gasteiger partial charge < -0.3 is 5.32 Å². The normalized spacial score (nSPS) is 10.4. The van der Waals surface area contributed by atoms with Gasteiger partial charge in [-0.2, -0.15) is 15.0 Å². The molecule has 17 heavy (non-hydrogen) atoms. The molecule has 1 N–H and O–H groups in total. The number of anilines is 2. The molecule has 8 heteroatoms. The summed E-state index contributed by atoms with van der Waals surface area (Å²) in [6, 6.07) is 5.01. The minimum Gasteiger partial charge on any atom is -0.324 e. The Morgan fingerprint density at radius 1 is 0.824 bits per heavy atom. The zero-order chi connectivity index (χ0) is 12.4. The molecule has 0 spiro atoms. The van der Waals surface area contributed by atoms with E-state index < -0.39 is 0 Å². The van der Waals surface area contributed by atoms with Crippen LogP contribution in [-0.4, -0.2) is 15.0 Å². The number of benzene rings is 1. The van der Waals surface area contributed by atoms with Crippen LogP contribution in [0.4, 0.5) is 11.6 Å². The molecule has 0 unspecified atom stereocenters. The minimum absolute atomic E-state index is 0.00700. The Morgan fingerprint density at radius 3 is 2.06 bits per heavy atom. The predicted molar refractivity (Wildman–Crippen MR) is 69.6 cm³/mol. The van der Waals surface area contributed by atoms with E-state index in [0.717, 1.165) is 0 Å². The van der Waals surface area contributed by atoms with Gasteiger partial charge in [0, 0.05) is 5.69 Å². The largest absolute Gasteiger partial charge is 0.324 e. The van der Waals surface area contributed by atoms with Crippen LogP contribution >= 0.6 is 46.4 Å². The van der Waals surface area contributed by atoms with Crippen LogP contribution < -0.4 is 5.32 Å². The summed E-state index contributed by atoms with van der Waals surface area (Å²) in [7, 11) is 0. The van der Waals surface area contributed by atoms with E-state index in [9.17, 15) is 0 Å². The van der Waals surface area contributed by atoms with Gasteiger partial charge >= 0.3 is 0 Å². The molecule has 0 bridgehead atoms. The number of rotatable bonds is 2. The van der Waals surface area contributed by atoms with Crippen LogP contribution in [-0.2, 0) is 0 Å². The topological polar surface area (TPSA) is 50.7 Å². The Kier molecular flexibility index (Phi) is 3.89. The molecule has 1 aromatic heterocycles. The molecule has 0 atom stereocenters. The van der Waals surface area contributed by atoms with Crippen LogP contribution in [0, 0.1) is 0 Å². The van der Waals surface area contributed by atoms with E-state index in [1.165, 1.54) is 0 Å². The molecule has 1 aromatic carbocycles. The number of hydrogen-bond donors (Lipinski definition) is 1. The summed E-state index contributed by atoms with van der Waals surface area (Å²) >= 11 is 22.9. The summed E-state index contributed by atoms with van der Waals surface area (Å²) in [4.78, 5) is 11.3. The number of nitrogens with one attached hydrogen (secondary N) is 1. The lowest BCUT2D eigenvalue weighted by Crippen LogP contribution is -1.99. The second-order valence-corrected chi connectivity index (χ2v) is 4.44. The van der Waals surface area contributed by atoms with E-state index >= 15 is 0 Å². The van der Waals surface area contributed by atoms with Crippen molar-refractivity contribution < 1.29 is 0 Å². The molecule has 2 aromatic rings. The molecule has 0 aliphatic rings. The fourth-order valence-corrected chi connectivity index (χ4v) is 1.75. The summed E-state index contributed by atoms with van der Waals surface area (Å²) in [5, 5.41) is 3.77. The minimum atomic E-state index is 0.00700. The molecule has 4 nitrogen and oxygen atoms in total. The van der Waals surface area contributed by atoms with Crippen LogP contribution in [0.5, 0.6) is 0 Å². The van der Waals surface area contributed by atoms with E-state index in [-0.39, 0.29) is 16.5 Å². The van der Waals surface area contributed by atoms with Crippen molar-refractivity contribution >= 4 is 58.0 Å². The van der Waals surface area contributed by atoms with Crippen molar-refractivity contribution in [3.05, 3.63) is 38.8 Å². The first-order valence-corrected chi connectivity index (χ1v) is 5.85. The van der Waals surface area contributed by atoms with Gasteiger partial charge in [-0.05, 0) is 41.4 Å². The zero-order valence-electron chi connectivity index (χ0n) is 8.09. The van der Waals surface area contributed by atoms with Gasteiger partial charge in [0.1, 0.15) is 0 Å². The molecular weight excluding hydrogens is 306 g/mol. The quantitative estimate of drug-likeness (QED) is 0.902. The van der Waals surface area contributed by atoms with Crippen molar-refractivity contribution in [2.24, 2.45) is 0 Å². The van der Waals surface area contributed by atoms with Crippen molar-refractivity contribution in [2.45, 2.75) is 0 Å². The van der Waals surface area contributed by atoms with Gasteiger partial charge in [0.25, 0.3) is 0 Å². The van der Waals surface area contributed by atoms with Gasteiger partial charge in [0.15, 0.2) is 0 Å². The highest BCUT2D eigenvalue weighted by atomic mass is 35.5. The number of hydrogen-bond acceptors (Lipinski definition) is 4. The summed E-state index contributed by atoms with van der Waals surface area (Å²) in [5.41, 5.74) is 0.665. The van der Waals surface area contributed by atoms with Crippen LogP contribution in [0.15, 0.2) is 18.2 Å². The zero-order valence-corrected chi connectivity index (χ0v) is 11.1. The highest BCUT2D eigenvalue weighted by Crippen LogP contribution is 2.26. The number of halogens is 4. The Hall–Kier alpha value is -0.810. The predicted octanol–water partition coefficient (Wildman–Crippen LogP) is 4.23. The first kappa shape index (κ1) is 12.6. The maximum Gasteiger partial charge on any atom is 0.232 e. The summed E-state index contributed by atoms with van der Waals surface area (Å²) in [6.45, 7) is 0. The maximum absolute atomic E-state index is 5.87. The van der Waals surface area contributed by atoms with Crippen LogP contribution in [0.2, 0.25) is 20.6 Å². The van der Waals surface area contributed by atoms with Crippen LogP contribution in [0.1, 0.15) is 0 Å². The lowest BCUT2D eigenvalue weighted by atomic mass is 10.3. The molecule has 0 amide bonds. The fraction of sp³-hybridized carbons (Fsp3) is 0. The van der Waals surface area contributed by atoms with Gasteiger partial charge in [0.05, 0.1) is 10.0 Å². The molecule has 0 radical (unpaired) electrons. The third kappa shape index (κ3) is 3.33. The summed E-state index contributed by atoms with van der Waals surface area (Å²) in [6.07, 6.45) is 0. The molecule has 0 saturated heterocycles. The molecule has 0 aliphatic heterocycles. The SMILES string of the molecule is Clc1nc(Cl)nc(Nc2ccc(Cl)c(Cl)c2)n1. The second-order valence-electron chi connectivity index (χ2n) is 2.95. The highest BCUT2D eigenvalue weighted by molar-refractivity contribution is 6.42. The Morgan fingerprint density at radius 2 is 1.47 bits per heavy atom. The molecule has 0 saturated carbocycles. The second kappa shape index (κ2) is 5.23. The van der Waals surface area contributed by atoms with E-state index in [4.69, 9.17) is 46.4 Å². The molecule has 1 heterocycles. The lowest BCUT2D eigenvalue weighted by molar-refractivity contribution is 1.05. The van der Waals surface area contributed by atoms with Gasteiger partial charge in [-0.25, -0.2) is 0 Å². The van der Waals surface area contributed by atoms with Gasteiger partial charge in [-0.15, -0.1) is 0 Å². The summed E-state index contributed by atoms with van der Waals surface area (Å²) in [5.74, 6) is 0.230. The van der Waals surface area contributed by atoms with Crippen molar-refractivity contribution in [1.29, 1.82) is 0 Å². The Balaban J connectivity index is 2.28. The van der Waals surface area contributed by atoms with Gasteiger partial charge in [0.2, 0.25) is 16.5 Å². The van der Waals surface area contributed by atoms with E-state index in [0.29, 0.717) is 15.7 Å². The first-order chi connectivity index (χ1) is 8.04. The molecular formula is C9H4Cl4N4. The van der Waals surface area contributed by atoms with E-state index in [1.807, 2.05) is 0 Å². The molecule has 2 rings (SSSR count). The maximum atomic E-state index is 5.87. The Labute approximate surface area is 117 Å². The molecule has 0 fully saturated rings. The number of aromatic nitrogens is 3. The standard InChI is InChI=1S/C9H4Cl4N4/c10-5-2-1-4(3-6(5)11)14-9-16-7(12)15-8(13)17-9/h1-3H,(H,14,15,16,17). The van der Waals surface area contributed by atoms with Crippen LogP contribution in [0.3, 0.4) is 0 Å². The smallest absolute Gasteiger partial charge is 0.232 e. The van der Waals surface area contributed by atoms with Crippen LogP contribution in [0.25, 0.3) is 0 Å². The van der Waals surface area contributed by atoms with Crippen molar-refractivity contribution in [2.75, 3.05) is 5.32 Å². The van der Waals surface area contributed by atoms with Gasteiger partial charge in [-0.3, -0.25) is 0 Å². The third-order valence-corrected chi connectivity index (χ3v) is 2.83. The fourth-order valence-electron chi connectivity index (χ4n) is 1.08. The van der Waals surface area contributed by atoms with Crippen molar-refractivity contribution in [3.63, 3.8) is 0 Å². The third-order valence-electron chi connectivity index (χ3n) is 1.76. The highest BCUT2D eigenvalue weighted by Gasteiger charge is 2.05. The molecule has 0 aliphatic carbocycles.